The first kappa shape index (κ1) is 16.6. The fraction of sp³-hybridized carbons (Fsp3) is 0.538. The van der Waals surface area contributed by atoms with Gasteiger partial charge in [0.05, 0.1) is 5.75 Å². The van der Waals surface area contributed by atoms with Crippen molar-refractivity contribution in [3.8, 4) is 0 Å². The van der Waals surface area contributed by atoms with Crippen LogP contribution in [0.1, 0.15) is 5.56 Å². The van der Waals surface area contributed by atoms with Gasteiger partial charge >= 0.3 is 0 Å². The van der Waals surface area contributed by atoms with Crippen molar-refractivity contribution in [1.82, 2.24) is 10.2 Å². The molecule has 0 spiro atoms. The highest BCUT2D eigenvalue weighted by atomic mass is 79.9. The number of hydrogen-bond acceptors (Lipinski definition) is 4. The highest BCUT2D eigenvalue weighted by Gasteiger charge is 2.02. The van der Waals surface area contributed by atoms with Crippen LogP contribution in [0.2, 0.25) is 0 Å². The molecule has 0 aliphatic heterocycles. The normalized spacial score (nSPS) is 12.0. The molecular weight excluding hydrogens is 328 g/mol. The van der Waals surface area contributed by atoms with Gasteiger partial charge in [0.25, 0.3) is 0 Å². The van der Waals surface area contributed by atoms with Crippen LogP contribution in [0.4, 0.5) is 0 Å². The van der Waals surface area contributed by atoms with Crippen molar-refractivity contribution in [2.75, 3.05) is 38.7 Å². The van der Waals surface area contributed by atoms with Gasteiger partial charge in [0.1, 0.15) is 9.84 Å². The van der Waals surface area contributed by atoms with Crippen molar-refractivity contribution in [2.45, 2.75) is 6.54 Å². The van der Waals surface area contributed by atoms with Crippen LogP contribution in [0.25, 0.3) is 0 Å². The quantitative estimate of drug-likeness (QED) is 0.723. The summed E-state index contributed by atoms with van der Waals surface area (Å²) in [7, 11) is -0.802. The highest BCUT2D eigenvalue weighted by molar-refractivity contribution is 9.10. The third-order valence-corrected chi connectivity index (χ3v) is 4.16. The van der Waals surface area contributed by atoms with Crippen LogP contribution in [0.15, 0.2) is 28.7 Å². The molecular formula is C13H21BrN2O2S. The second-order valence-corrected chi connectivity index (χ2v) is 7.92. The maximum absolute atomic E-state index is 10.9. The van der Waals surface area contributed by atoms with Crippen LogP contribution in [0.3, 0.4) is 0 Å². The molecule has 0 fully saturated rings. The average molecular weight is 349 g/mol. The summed E-state index contributed by atoms with van der Waals surface area (Å²) in [6.07, 6.45) is 1.26. The van der Waals surface area contributed by atoms with Crippen LogP contribution < -0.4 is 5.32 Å². The molecule has 0 bridgehead atoms. The van der Waals surface area contributed by atoms with Gasteiger partial charge in [-0.1, -0.05) is 28.1 Å². The summed E-state index contributed by atoms with van der Waals surface area (Å²) < 4.78 is 23.0. The molecule has 0 amide bonds. The van der Waals surface area contributed by atoms with E-state index in [4.69, 9.17) is 0 Å². The molecule has 0 radical (unpaired) electrons. The zero-order valence-corrected chi connectivity index (χ0v) is 13.8. The number of hydrogen-bond donors (Lipinski definition) is 1. The Hall–Kier alpha value is -0.430. The number of halogens is 1. The lowest BCUT2D eigenvalue weighted by molar-refractivity contribution is 0.325. The molecule has 108 valence electrons. The molecule has 1 aromatic rings. The van der Waals surface area contributed by atoms with E-state index in [9.17, 15) is 8.42 Å². The Kier molecular flexibility index (Phi) is 6.99. The van der Waals surface area contributed by atoms with Crippen molar-refractivity contribution in [3.05, 3.63) is 34.3 Å². The molecule has 0 unspecified atom stereocenters. The smallest absolute Gasteiger partial charge is 0.148 e. The summed E-state index contributed by atoms with van der Waals surface area (Å²) in [5.74, 6) is 0.198. The number of nitrogens with zero attached hydrogens (tertiary/aromatic N) is 1. The predicted octanol–water partition coefficient (Wildman–Crippen LogP) is 1.52. The molecule has 1 N–H and O–H groups in total. The van der Waals surface area contributed by atoms with Gasteiger partial charge in [0.2, 0.25) is 0 Å². The minimum Gasteiger partial charge on any atom is -0.314 e. The van der Waals surface area contributed by atoms with E-state index in [0.29, 0.717) is 6.54 Å². The Morgan fingerprint density at radius 2 is 1.84 bits per heavy atom. The summed E-state index contributed by atoms with van der Waals surface area (Å²) >= 11 is 3.41. The van der Waals surface area contributed by atoms with Crippen LogP contribution in [-0.4, -0.2) is 52.0 Å². The number of nitrogens with one attached hydrogen (secondary N) is 1. The van der Waals surface area contributed by atoms with Crippen LogP contribution in [0, 0.1) is 0 Å². The molecule has 0 saturated carbocycles. The van der Waals surface area contributed by atoms with E-state index in [1.165, 1.54) is 11.8 Å². The van der Waals surface area contributed by atoms with E-state index in [2.05, 4.69) is 45.3 Å². The van der Waals surface area contributed by atoms with Crippen molar-refractivity contribution in [3.63, 3.8) is 0 Å². The molecule has 4 nitrogen and oxygen atoms in total. The van der Waals surface area contributed by atoms with Gasteiger partial charge in [0.15, 0.2) is 0 Å². The molecule has 1 rings (SSSR count). The highest BCUT2D eigenvalue weighted by Crippen LogP contribution is 2.11. The van der Waals surface area contributed by atoms with E-state index < -0.39 is 9.84 Å². The number of benzene rings is 1. The molecule has 0 aliphatic carbocycles. The van der Waals surface area contributed by atoms with Gasteiger partial charge in [-0.3, -0.25) is 0 Å². The third kappa shape index (κ3) is 8.36. The second-order valence-electron chi connectivity index (χ2n) is 4.74. The van der Waals surface area contributed by atoms with E-state index in [0.717, 1.165) is 24.1 Å². The lowest BCUT2D eigenvalue weighted by Gasteiger charge is -2.17. The van der Waals surface area contributed by atoms with E-state index in [1.807, 2.05) is 12.1 Å². The van der Waals surface area contributed by atoms with Crippen molar-refractivity contribution in [2.24, 2.45) is 0 Å². The number of rotatable bonds is 8. The van der Waals surface area contributed by atoms with Gasteiger partial charge in [-0.2, -0.15) is 0 Å². The Balaban J connectivity index is 2.18. The molecule has 0 atom stereocenters. The Labute approximate surface area is 124 Å². The third-order valence-electron chi connectivity index (χ3n) is 2.69. The van der Waals surface area contributed by atoms with Crippen molar-refractivity contribution < 1.29 is 8.42 Å². The second kappa shape index (κ2) is 7.99. The molecule has 0 aliphatic rings. The van der Waals surface area contributed by atoms with Crippen molar-refractivity contribution in [1.29, 1.82) is 0 Å². The SMILES string of the molecule is CN(CCNCCS(C)(=O)=O)Cc1ccc(Br)cc1. The molecule has 1 aromatic carbocycles. The molecule has 6 heteroatoms. The fourth-order valence-electron chi connectivity index (χ4n) is 1.63. The fourth-order valence-corrected chi connectivity index (χ4v) is 2.41. The topological polar surface area (TPSA) is 49.4 Å². The summed E-state index contributed by atoms with van der Waals surface area (Å²) in [4.78, 5) is 2.21. The zero-order chi connectivity index (χ0) is 14.3. The number of sulfone groups is 1. The molecule has 0 heterocycles. The molecule has 0 saturated heterocycles. The lowest BCUT2D eigenvalue weighted by atomic mass is 10.2. The maximum Gasteiger partial charge on any atom is 0.148 e. The first-order valence-corrected chi connectivity index (χ1v) is 9.03. The monoisotopic (exact) mass is 348 g/mol. The first-order valence-electron chi connectivity index (χ1n) is 6.18. The van der Waals surface area contributed by atoms with Crippen molar-refractivity contribution >= 4 is 25.8 Å². The Morgan fingerprint density at radius 1 is 1.21 bits per heavy atom. The van der Waals surface area contributed by atoms with Gasteiger partial charge in [-0.25, -0.2) is 8.42 Å². The maximum atomic E-state index is 10.9. The summed E-state index contributed by atoms with van der Waals surface area (Å²) in [6.45, 7) is 3.09. The largest absolute Gasteiger partial charge is 0.314 e. The van der Waals surface area contributed by atoms with E-state index in [1.54, 1.807) is 0 Å². The van der Waals surface area contributed by atoms with Gasteiger partial charge in [0, 0.05) is 36.9 Å². The average Bonchev–Trinajstić information content (AvgIpc) is 2.30. The Bertz CT molecular complexity index is 474. The van der Waals surface area contributed by atoms with Crippen LogP contribution >= 0.6 is 15.9 Å². The summed E-state index contributed by atoms with van der Waals surface area (Å²) in [5, 5.41) is 3.14. The van der Waals surface area contributed by atoms with E-state index >= 15 is 0 Å². The van der Waals surface area contributed by atoms with Gasteiger partial charge in [-0.15, -0.1) is 0 Å². The standard InChI is InChI=1S/C13H21BrN2O2S/c1-16(9-7-15-8-10-19(2,17)18)11-12-3-5-13(14)6-4-12/h3-6,15H,7-11H2,1-2H3. The lowest BCUT2D eigenvalue weighted by Crippen LogP contribution is -2.31. The molecule has 0 aromatic heterocycles. The summed E-state index contributed by atoms with van der Waals surface area (Å²) in [5.41, 5.74) is 1.27. The minimum absolute atomic E-state index is 0.198. The van der Waals surface area contributed by atoms with Crippen LogP contribution in [0.5, 0.6) is 0 Å². The first-order chi connectivity index (χ1) is 8.87. The summed E-state index contributed by atoms with van der Waals surface area (Å²) in [6, 6.07) is 8.26. The van der Waals surface area contributed by atoms with E-state index in [-0.39, 0.29) is 5.75 Å². The minimum atomic E-state index is -2.86. The van der Waals surface area contributed by atoms with Crippen LogP contribution in [-0.2, 0) is 16.4 Å². The predicted molar refractivity (Wildman–Crippen MR) is 83.1 cm³/mol. The van der Waals surface area contributed by atoms with Gasteiger partial charge in [-0.05, 0) is 24.7 Å². The zero-order valence-electron chi connectivity index (χ0n) is 11.4. The molecule has 19 heavy (non-hydrogen) atoms. The van der Waals surface area contributed by atoms with Gasteiger partial charge < -0.3 is 10.2 Å². The number of likely N-dealkylation sites (N-methyl/N-ethyl adjacent to an activating group) is 1. The Morgan fingerprint density at radius 3 is 2.42 bits per heavy atom.